The lowest BCUT2D eigenvalue weighted by Crippen LogP contribution is -2.43. The molecule has 0 saturated heterocycles. The van der Waals surface area contributed by atoms with Crippen LogP contribution < -0.4 is 0 Å². The van der Waals surface area contributed by atoms with Gasteiger partial charge in [0.1, 0.15) is 0 Å². The van der Waals surface area contributed by atoms with Crippen molar-refractivity contribution in [3.05, 3.63) is 37.6 Å². The van der Waals surface area contributed by atoms with Crippen LogP contribution in [0, 0.1) is 0 Å². The molecule has 0 bridgehead atoms. The number of aliphatic hydroxyl groups is 1. The van der Waals surface area contributed by atoms with Crippen molar-refractivity contribution < 1.29 is 33.7 Å². The Kier molecular flexibility index (Phi) is 7.42. The average molecular weight is 284 g/mol. The van der Waals surface area contributed by atoms with Crippen LogP contribution in [-0.2, 0) is 28.6 Å². The number of hydrogen-bond acceptors (Lipinski definition) is 7. The largest absolute Gasteiger partial charge is 0.515 e. The minimum absolute atomic E-state index is 0.100. The molecule has 0 amide bonds. The van der Waals surface area contributed by atoms with Gasteiger partial charge in [-0.05, 0) is 6.42 Å². The molecule has 0 aromatic carbocycles. The molecule has 0 radical (unpaired) electrons. The van der Waals surface area contributed by atoms with Crippen LogP contribution in [0.4, 0.5) is 0 Å². The van der Waals surface area contributed by atoms with Crippen LogP contribution in [0.25, 0.3) is 0 Å². The molecule has 0 aliphatic rings. The number of hydrogen-bond donors (Lipinski definition) is 1. The standard InChI is InChI=1S/C13H16O7/c1-4-8-13(18-10(15)5-2,19-11(16)6-3)20-12(17)7-9-14/h5-7,9,14H,2-4,8H2,1H3. The smallest absolute Gasteiger partial charge is 0.424 e. The summed E-state index contributed by atoms with van der Waals surface area (Å²) in [5.74, 6) is -5.19. The van der Waals surface area contributed by atoms with Gasteiger partial charge in [-0.3, -0.25) is 0 Å². The van der Waals surface area contributed by atoms with E-state index in [1.165, 1.54) is 0 Å². The van der Waals surface area contributed by atoms with E-state index in [2.05, 4.69) is 13.2 Å². The van der Waals surface area contributed by atoms with Gasteiger partial charge in [0.15, 0.2) is 0 Å². The first-order valence-electron chi connectivity index (χ1n) is 5.67. The Hall–Kier alpha value is -2.57. The topological polar surface area (TPSA) is 99.1 Å². The van der Waals surface area contributed by atoms with Crippen LogP contribution in [0.2, 0.25) is 0 Å². The van der Waals surface area contributed by atoms with Crippen molar-refractivity contribution in [1.82, 2.24) is 0 Å². The van der Waals surface area contributed by atoms with Gasteiger partial charge < -0.3 is 19.3 Å². The molecule has 0 saturated carbocycles. The second-order valence-electron chi connectivity index (χ2n) is 3.42. The minimum atomic E-state index is -2.23. The lowest BCUT2D eigenvalue weighted by Gasteiger charge is -2.29. The quantitative estimate of drug-likeness (QED) is 0.312. The van der Waals surface area contributed by atoms with Gasteiger partial charge in [-0.25, -0.2) is 14.4 Å². The molecule has 0 aromatic heterocycles. The van der Waals surface area contributed by atoms with Gasteiger partial charge in [0, 0.05) is 12.2 Å². The van der Waals surface area contributed by atoms with Crippen LogP contribution in [0.1, 0.15) is 19.8 Å². The van der Waals surface area contributed by atoms with E-state index in [0.29, 0.717) is 18.8 Å². The van der Waals surface area contributed by atoms with Crippen LogP contribution in [0.5, 0.6) is 0 Å². The van der Waals surface area contributed by atoms with Crippen molar-refractivity contribution in [1.29, 1.82) is 0 Å². The van der Waals surface area contributed by atoms with Gasteiger partial charge in [-0.15, -0.1) is 0 Å². The summed E-state index contributed by atoms with van der Waals surface area (Å²) in [6.45, 7) is 8.07. The molecule has 0 unspecified atom stereocenters. The van der Waals surface area contributed by atoms with Gasteiger partial charge in [0.2, 0.25) is 0 Å². The molecule has 0 aliphatic carbocycles. The number of ether oxygens (including phenoxy) is 3. The summed E-state index contributed by atoms with van der Waals surface area (Å²) >= 11 is 0. The maximum absolute atomic E-state index is 11.4. The molecule has 110 valence electrons. The lowest BCUT2D eigenvalue weighted by molar-refractivity contribution is -0.327. The maximum Gasteiger partial charge on any atom is 0.424 e. The van der Waals surface area contributed by atoms with Gasteiger partial charge in [-0.2, -0.15) is 0 Å². The number of rotatable bonds is 8. The lowest BCUT2D eigenvalue weighted by atomic mass is 10.3. The Morgan fingerprint density at radius 1 is 1.05 bits per heavy atom. The molecule has 0 spiro atoms. The number of esters is 3. The Balaban J connectivity index is 5.33. The number of carbonyl (C=O) groups excluding carboxylic acids is 3. The van der Waals surface area contributed by atoms with Crippen molar-refractivity contribution >= 4 is 17.9 Å². The Bertz CT molecular complexity index is 400. The maximum atomic E-state index is 11.4. The third-order valence-electron chi connectivity index (χ3n) is 1.87. The van der Waals surface area contributed by atoms with E-state index in [4.69, 9.17) is 19.3 Å². The second-order valence-corrected chi connectivity index (χ2v) is 3.42. The number of carbonyl (C=O) groups is 3. The van der Waals surface area contributed by atoms with Gasteiger partial charge in [0.05, 0.1) is 18.8 Å². The Morgan fingerprint density at radius 2 is 1.50 bits per heavy atom. The van der Waals surface area contributed by atoms with Crippen molar-refractivity contribution in [2.75, 3.05) is 0 Å². The summed E-state index contributed by atoms with van der Waals surface area (Å²) in [7, 11) is 0. The van der Waals surface area contributed by atoms with E-state index in [1.54, 1.807) is 6.92 Å². The zero-order chi connectivity index (χ0) is 15.6. The van der Waals surface area contributed by atoms with E-state index in [9.17, 15) is 14.4 Å². The second kappa shape index (κ2) is 8.52. The highest BCUT2D eigenvalue weighted by atomic mass is 16.9. The van der Waals surface area contributed by atoms with Crippen molar-refractivity contribution in [2.24, 2.45) is 0 Å². The number of aliphatic hydroxyl groups excluding tert-OH is 1. The Morgan fingerprint density at radius 3 is 1.85 bits per heavy atom. The molecular formula is C13H16O7. The van der Waals surface area contributed by atoms with E-state index in [-0.39, 0.29) is 6.42 Å². The van der Waals surface area contributed by atoms with E-state index < -0.39 is 23.9 Å². The van der Waals surface area contributed by atoms with Gasteiger partial charge >= 0.3 is 23.9 Å². The van der Waals surface area contributed by atoms with Crippen LogP contribution in [-0.4, -0.2) is 29.0 Å². The highest BCUT2D eigenvalue weighted by Crippen LogP contribution is 2.23. The van der Waals surface area contributed by atoms with Crippen LogP contribution >= 0.6 is 0 Å². The molecule has 7 heteroatoms. The van der Waals surface area contributed by atoms with Gasteiger partial charge in [0.25, 0.3) is 0 Å². The first-order chi connectivity index (χ1) is 9.42. The molecule has 1 N–H and O–H groups in total. The third kappa shape index (κ3) is 5.85. The minimum Gasteiger partial charge on any atom is -0.515 e. The summed E-state index contributed by atoms with van der Waals surface area (Å²) in [4.78, 5) is 34.0. The highest BCUT2D eigenvalue weighted by molar-refractivity contribution is 5.85. The fourth-order valence-electron chi connectivity index (χ4n) is 1.16. The first kappa shape index (κ1) is 17.4. The molecule has 0 rings (SSSR count). The van der Waals surface area contributed by atoms with Crippen molar-refractivity contribution in [3.8, 4) is 0 Å². The summed E-state index contributed by atoms with van der Waals surface area (Å²) in [6.07, 6.45) is 3.00. The monoisotopic (exact) mass is 284 g/mol. The van der Waals surface area contributed by atoms with E-state index in [1.807, 2.05) is 0 Å². The van der Waals surface area contributed by atoms with Crippen molar-refractivity contribution in [3.63, 3.8) is 0 Å². The van der Waals surface area contributed by atoms with E-state index >= 15 is 0 Å². The summed E-state index contributed by atoms with van der Waals surface area (Å²) in [6, 6.07) is 0. The van der Waals surface area contributed by atoms with Gasteiger partial charge in [-0.1, -0.05) is 20.1 Å². The average Bonchev–Trinajstić information content (AvgIpc) is 2.38. The molecule has 0 aromatic rings. The van der Waals surface area contributed by atoms with E-state index in [0.717, 1.165) is 12.2 Å². The third-order valence-corrected chi connectivity index (χ3v) is 1.87. The molecule has 0 heterocycles. The summed E-state index contributed by atoms with van der Waals surface area (Å²) in [5, 5.41) is 8.49. The van der Waals surface area contributed by atoms with Crippen LogP contribution in [0.15, 0.2) is 37.6 Å². The zero-order valence-electron chi connectivity index (χ0n) is 11.0. The molecule has 0 aliphatic heterocycles. The molecule has 20 heavy (non-hydrogen) atoms. The first-order valence-corrected chi connectivity index (χ1v) is 5.67. The molecule has 0 atom stereocenters. The SMILES string of the molecule is C=CC(=O)OC(CCC)(OC(=O)C=C)OC(=O)C=CO. The van der Waals surface area contributed by atoms with Crippen molar-refractivity contribution in [2.45, 2.75) is 25.7 Å². The van der Waals surface area contributed by atoms with Crippen LogP contribution in [0.3, 0.4) is 0 Å². The fraction of sp³-hybridized carbons (Fsp3) is 0.308. The molecule has 7 nitrogen and oxygen atoms in total. The Labute approximate surface area is 116 Å². The molecule has 0 fully saturated rings. The summed E-state index contributed by atoms with van der Waals surface area (Å²) < 4.78 is 14.4. The summed E-state index contributed by atoms with van der Waals surface area (Å²) in [5.41, 5.74) is 0. The fourth-order valence-corrected chi connectivity index (χ4v) is 1.16. The normalized spacial score (nSPS) is 10.7. The predicted molar refractivity (Wildman–Crippen MR) is 68.1 cm³/mol. The zero-order valence-corrected chi connectivity index (χ0v) is 11.0. The highest BCUT2D eigenvalue weighted by Gasteiger charge is 2.41. The predicted octanol–water partition coefficient (Wildman–Crippen LogP) is 1.51. The molecular weight excluding hydrogens is 268 g/mol.